The molecule has 4 rings (SSSR count). The van der Waals surface area contributed by atoms with Gasteiger partial charge in [0.05, 0.1) is 18.5 Å². The minimum absolute atomic E-state index is 0.0855. The number of hydrogen-bond donors (Lipinski definition) is 0. The van der Waals surface area contributed by atoms with Crippen molar-refractivity contribution in [2.75, 3.05) is 12.0 Å². The van der Waals surface area contributed by atoms with Crippen molar-refractivity contribution in [2.45, 2.75) is 0 Å². The van der Waals surface area contributed by atoms with Gasteiger partial charge in [0.15, 0.2) is 0 Å². The third kappa shape index (κ3) is 4.00. The molecule has 3 aromatic carbocycles. The van der Waals surface area contributed by atoms with Crippen LogP contribution in [0.4, 0.5) is 5.69 Å². The van der Waals surface area contributed by atoms with Gasteiger partial charge in [-0.15, -0.1) is 0 Å². The predicted octanol–water partition coefficient (Wildman–Crippen LogP) is 6.58. The van der Waals surface area contributed by atoms with E-state index in [-0.39, 0.29) is 5.91 Å². The maximum Gasteiger partial charge on any atom is 0.262 e. The molecule has 0 radical (unpaired) electrons. The van der Waals surface area contributed by atoms with Crippen LogP contribution in [0.3, 0.4) is 0 Å². The van der Waals surface area contributed by atoms with E-state index in [1.807, 2.05) is 84.9 Å². The first kappa shape index (κ1) is 19.5. The summed E-state index contributed by atoms with van der Waals surface area (Å²) in [4.78, 5) is 15.1. The molecule has 0 N–H and O–H groups in total. The molecule has 3 nitrogen and oxygen atoms in total. The fraction of sp³-hybridized carbons (Fsp3) is 0.0417. The molecule has 144 valence electrons. The van der Waals surface area contributed by atoms with Crippen LogP contribution in [0.2, 0.25) is 5.02 Å². The van der Waals surface area contributed by atoms with Crippen LogP contribution in [-0.4, -0.2) is 13.0 Å². The second kappa shape index (κ2) is 8.27. The number of carbonyl (C=O) groups is 1. The first-order valence-corrected chi connectivity index (χ1v) is 10.2. The third-order valence-corrected chi connectivity index (χ3v) is 5.58. The molecule has 0 aliphatic carbocycles. The summed E-state index contributed by atoms with van der Waals surface area (Å²) in [5.41, 5.74) is 4.04. The summed E-state index contributed by atoms with van der Waals surface area (Å²) in [6.45, 7) is 0. The van der Waals surface area contributed by atoms with Gasteiger partial charge < -0.3 is 4.74 Å². The molecule has 0 atom stereocenters. The number of carbonyl (C=O) groups excluding carboxylic acids is 1. The Hall–Kier alpha value is -2.82. The molecule has 0 spiro atoms. The molecule has 1 aliphatic rings. The van der Waals surface area contributed by atoms with E-state index in [0.717, 1.165) is 32.7 Å². The number of rotatable bonds is 4. The topological polar surface area (TPSA) is 29.5 Å². The number of para-hydroxylation sites is 1. The largest absolute Gasteiger partial charge is 0.497 e. The van der Waals surface area contributed by atoms with Crippen molar-refractivity contribution in [3.63, 3.8) is 0 Å². The van der Waals surface area contributed by atoms with Gasteiger partial charge in [0.25, 0.3) is 5.91 Å². The highest BCUT2D eigenvalue weighted by atomic mass is 79.9. The van der Waals surface area contributed by atoms with Gasteiger partial charge in [0.1, 0.15) is 5.75 Å². The molecule has 29 heavy (non-hydrogen) atoms. The lowest BCUT2D eigenvalue weighted by Gasteiger charge is -2.22. The molecule has 3 aromatic rings. The van der Waals surface area contributed by atoms with Gasteiger partial charge in [-0.2, -0.15) is 0 Å². The van der Waals surface area contributed by atoms with Gasteiger partial charge in [-0.1, -0.05) is 48.0 Å². The number of nitrogens with zero attached hydrogens (tertiary/aromatic N) is 1. The Morgan fingerprint density at radius 2 is 1.66 bits per heavy atom. The fourth-order valence-electron chi connectivity index (χ4n) is 3.20. The minimum Gasteiger partial charge on any atom is -0.497 e. The predicted molar refractivity (Wildman–Crippen MR) is 122 cm³/mol. The zero-order chi connectivity index (χ0) is 20.4. The van der Waals surface area contributed by atoms with E-state index < -0.39 is 0 Å². The SMILES string of the molecule is COc1ccc(/C=C2/C=C(c3ccc(Cl)cc3)N(c3ccccc3Br)C2=O)cc1. The summed E-state index contributed by atoms with van der Waals surface area (Å²) in [6.07, 6.45) is 3.80. The van der Waals surface area contributed by atoms with Crippen LogP contribution in [0.1, 0.15) is 11.1 Å². The second-order valence-electron chi connectivity index (χ2n) is 6.50. The Kier molecular flexibility index (Phi) is 5.56. The Balaban J connectivity index is 1.81. The highest BCUT2D eigenvalue weighted by molar-refractivity contribution is 9.10. The summed E-state index contributed by atoms with van der Waals surface area (Å²) in [6, 6.07) is 22.8. The van der Waals surface area contributed by atoms with Gasteiger partial charge >= 0.3 is 0 Å². The van der Waals surface area contributed by atoms with Gasteiger partial charge in [-0.3, -0.25) is 9.69 Å². The normalized spacial score (nSPS) is 15.0. The molecular weight excluding hydrogens is 450 g/mol. The number of benzene rings is 3. The summed E-state index contributed by atoms with van der Waals surface area (Å²) in [5.74, 6) is 0.690. The molecular formula is C24H17BrClNO2. The van der Waals surface area contributed by atoms with E-state index in [4.69, 9.17) is 16.3 Å². The molecule has 1 heterocycles. The van der Waals surface area contributed by atoms with Crippen LogP contribution in [0.5, 0.6) is 5.75 Å². The molecule has 5 heteroatoms. The summed E-state index contributed by atoms with van der Waals surface area (Å²) in [7, 11) is 1.63. The Bertz CT molecular complexity index is 1120. The van der Waals surface area contributed by atoms with Crippen LogP contribution in [0.15, 0.2) is 88.9 Å². The van der Waals surface area contributed by atoms with Gasteiger partial charge in [-0.05, 0) is 75.6 Å². The van der Waals surface area contributed by atoms with Crippen molar-refractivity contribution in [1.29, 1.82) is 0 Å². The maximum atomic E-state index is 13.4. The van der Waals surface area contributed by atoms with Crippen molar-refractivity contribution in [1.82, 2.24) is 0 Å². The van der Waals surface area contributed by atoms with Crippen LogP contribution in [0, 0.1) is 0 Å². The van der Waals surface area contributed by atoms with Gasteiger partial charge in [-0.25, -0.2) is 0 Å². The lowest BCUT2D eigenvalue weighted by molar-refractivity contribution is -0.113. The van der Waals surface area contributed by atoms with Gasteiger partial charge in [0.2, 0.25) is 0 Å². The molecule has 0 aromatic heterocycles. The van der Waals surface area contributed by atoms with Crippen LogP contribution in [0.25, 0.3) is 11.8 Å². The second-order valence-corrected chi connectivity index (χ2v) is 7.79. The molecule has 1 amide bonds. The Labute approximate surface area is 183 Å². The van der Waals surface area contributed by atoms with Crippen LogP contribution >= 0.6 is 27.5 Å². The zero-order valence-corrected chi connectivity index (χ0v) is 17.9. The summed E-state index contributed by atoms with van der Waals surface area (Å²) >= 11 is 9.63. The van der Waals surface area contributed by atoms with Crippen molar-refractivity contribution < 1.29 is 9.53 Å². The van der Waals surface area contributed by atoms with Crippen LogP contribution in [-0.2, 0) is 4.79 Å². The fourth-order valence-corrected chi connectivity index (χ4v) is 3.79. The van der Waals surface area contributed by atoms with E-state index in [0.29, 0.717) is 10.6 Å². The number of amides is 1. The van der Waals surface area contributed by atoms with Crippen LogP contribution < -0.4 is 9.64 Å². The van der Waals surface area contributed by atoms with E-state index >= 15 is 0 Å². The number of anilines is 1. The monoisotopic (exact) mass is 465 g/mol. The molecule has 0 saturated heterocycles. The lowest BCUT2D eigenvalue weighted by atomic mass is 10.1. The number of methoxy groups -OCH3 is 1. The maximum absolute atomic E-state index is 13.4. The van der Waals surface area contributed by atoms with Gasteiger partial charge in [0, 0.05) is 15.1 Å². The molecule has 0 unspecified atom stereocenters. The van der Waals surface area contributed by atoms with E-state index in [9.17, 15) is 4.79 Å². The Morgan fingerprint density at radius 1 is 0.966 bits per heavy atom. The lowest BCUT2D eigenvalue weighted by Crippen LogP contribution is -2.25. The highest BCUT2D eigenvalue weighted by Crippen LogP contribution is 2.38. The summed E-state index contributed by atoms with van der Waals surface area (Å²) in [5, 5.41) is 0.653. The van der Waals surface area contributed by atoms with E-state index in [2.05, 4.69) is 15.9 Å². The van der Waals surface area contributed by atoms with Crippen molar-refractivity contribution in [3.05, 3.63) is 105 Å². The molecule has 1 aliphatic heterocycles. The van der Waals surface area contributed by atoms with Crippen molar-refractivity contribution >= 4 is 50.9 Å². The standard InChI is InChI=1S/C24H17BrClNO2/c1-29-20-12-6-16(7-13-20)14-18-15-23(17-8-10-19(26)11-9-17)27(24(18)28)22-5-3-2-4-21(22)25/h2-15H,1H3/b18-14-. The first-order valence-electron chi connectivity index (χ1n) is 8.99. The first-order chi connectivity index (χ1) is 14.1. The zero-order valence-electron chi connectivity index (χ0n) is 15.6. The number of halogens is 2. The number of ether oxygens (including phenoxy) is 1. The average molecular weight is 467 g/mol. The Morgan fingerprint density at radius 3 is 2.31 bits per heavy atom. The highest BCUT2D eigenvalue weighted by Gasteiger charge is 2.31. The average Bonchev–Trinajstić information content (AvgIpc) is 3.05. The van der Waals surface area contributed by atoms with Crippen molar-refractivity contribution in [3.8, 4) is 5.75 Å². The molecule has 0 bridgehead atoms. The minimum atomic E-state index is -0.0855. The quantitative estimate of drug-likeness (QED) is 0.406. The number of hydrogen-bond acceptors (Lipinski definition) is 2. The molecule has 0 fully saturated rings. The summed E-state index contributed by atoms with van der Waals surface area (Å²) < 4.78 is 6.06. The van der Waals surface area contributed by atoms with Crippen molar-refractivity contribution in [2.24, 2.45) is 0 Å². The molecule has 0 saturated carbocycles. The van der Waals surface area contributed by atoms with E-state index in [1.54, 1.807) is 12.0 Å². The smallest absolute Gasteiger partial charge is 0.262 e. The van der Waals surface area contributed by atoms with E-state index in [1.165, 1.54) is 0 Å². The third-order valence-electron chi connectivity index (χ3n) is 4.65.